The summed E-state index contributed by atoms with van der Waals surface area (Å²) in [5.41, 5.74) is 0.418. The van der Waals surface area contributed by atoms with Gasteiger partial charge >= 0.3 is 12.5 Å². The van der Waals surface area contributed by atoms with Gasteiger partial charge in [0.05, 0.1) is 0 Å². The molecule has 0 bridgehead atoms. The van der Waals surface area contributed by atoms with E-state index in [-0.39, 0.29) is 29.1 Å². The van der Waals surface area contributed by atoms with Gasteiger partial charge in [0, 0.05) is 55.4 Å². The van der Waals surface area contributed by atoms with E-state index in [1.165, 1.54) is 12.3 Å². The number of halogens is 3. The summed E-state index contributed by atoms with van der Waals surface area (Å²) in [4.78, 5) is 33.9. The Morgan fingerprint density at radius 3 is 2.43 bits per heavy atom. The molecule has 2 saturated heterocycles. The molecule has 1 aliphatic carbocycles. The molecule has 6 rings (SSSR count). The van der Waals surface area contributed by atoms with Crippen LogP contribution in [-0.2, 0) is 4.74 Å². The van der Waals surface area contributed by atoms with E-state index in [9.17, 15) is 18.0 Å². The molecule has 1 amide bonds. The van der Waals surface area contributed by atoms with E-state index in [2.05, 4.69) is 29.9 Å². The van der Waals surface area contributed by atoms with Crippen molar-refractivity contribution in [2.24, 2.45) is 5.41 Å². The smallest absolute Gasteiger partial charge is 0.423 e. The molecule has 3 aromatic heterocycles. The van der Waals surface area contributed by atoms with Gasteiger partial charge in [-0.05, 0) is 76.0 Å². The van der Waals surface area contributed by atoms with E-state index in [4.69, 9.17) is 9.72 Å². The molecule has 42 heavy (non-hydrogen) atoms. The first-order valence-corrected chi connectivity index (χ1v) is 14.0. The summed E-state index contributed by atoms with van der Waals surface area (Å²) in [6.07, 6.45) is 5.59. The maximum Gasteiger partial charge on any atom is 0.573 e. The summed E-state index contributed by atoms with van der Waals surface area (Å²) < 4.78 is 47.6. The van der Waals surface area contributed by atoms with Crippen LogP contribution in [0, 0.1) is 5.41 Å². The summed E-state index contributed by atoms with van der Waals surface area (Å²) in [6.45, 7) is 5.48. The Kier molecular flexibility index (Phi) is 7.06. The van der Waals surface area contributed by atoms with E-state index in [0.29, 0.717) is 23.0 Å². The number of pyridine rings is 2. The Bertz CT molecular complexity index is 1440. The Morgan fingerprint density at radius 1 is 1.02 bits per heavy atom. The molecule has 13 heteroatoms. The van der Waals surface area contributed by atoms with E-state index in [0.717, 1.165) is 57.7 Å². The molecule has 10 nitrogen and oxygen atoms in total. The van der Waals surface area contributed by atoms with Gasteiger partial charge in [0.2, 0.25) is 0 Å². The second-order valence-corrected chi connectivity index (χ2v) is 11.6. The van der Waals surface area contributed by atoms with Crippen LogP contribution in [0.25, 0.3) is 11.4 Å². The summed E-state index contributed by atoms with van der Waals surface area (Å²) in [5, 5.41) is 3.01. The lowest BCUT2D eigenvalue weighted by Gasteiger charge is -2.54. The van der Waals surface area contributed by atoms with Gasteiger partial charge in [-0.2, -0.15) is 0 Å². The number of carbonyl (C=O) groups excluding carboxylic acids is 1. The molecule has 3 aromatic rings. The normalized spacial score (nSPS) is 20.2. The first kappa shape index (κ1) is 28.0. The van der Waals surface area contributed by atoms with Crippen molar-refractivity contribution in [2.75, 3.05) is 23.3 Å². The van der Waals surface area contributed by atoms with Crippen molar-refractivity contribution in [2.45, 2.75) is 70.5 Å². The van der Waals surface area contributed by atoms with Crippen LogP contribution in [-0.4, -0.2) is 62.1 Å². The lowest BCUT2D eigenvalue weighted by atomic mass is 9.66. The van der Waals surface area contributed by atoms with E-state index in [1.54, 1.807) is 24.5 Å². The highest BCUT2D eigenvalue weighted by atomic mass is 19.4. The third kappa shape index (κ3) is 5.90. The number of ether oxygens (including phenoxy) is 2. The van der Waals surface area contributed by atoms with Crippen LogP contribution >= 0.6 is 0 Å². The predicted molar refractivity (Wildman–Crippen MR) is 148 cm³/mol. The van der Waals surface area contributed by atoms with Crippen LogP contribution in [0.5, 0.6) is 5.75 Å². The summed E-state index contributed by atoms with van der Waals surface area (Å²) in [5.74, 6) is 1.31. The van der Waals surface area contributed by atoms with Crippen LogP contribution < -0.4 is 15.0 Å². The SMILES string of the molecule is CC1(C)OC(=O)N1C1CCC2(CC1)CCN(c1cc(Nc3cc(OC(F)(F)F)ccn3)nc(-c3cccnc3)n1)CC2. The lowest BCUT2D eigenvalue weighted by molar-refractivity contribution is -0.274. The molecule has 1 N–H and O–H groups in total. The summed E-state index contributed by atoms with van der Waals surface area (Å²) >= 11 is 0. The Balaban J connectivity index is 1.18. The Morgan fingerprint density at radius 2 is 1.79 bits per heavy atom. The third-order valence-electron chi connectivity index (χ3n) is 8.50. The number of carbonyl (C=O) groups is 1. The van der Waals surface area contributed by atoms with Gasteiger partial charge in [-0.25, -0.2) is 19.7 Å². The molecular formula is C29H32F3N7O3. The molecule has 0 atom stereocenters. The Labute approximate surface area is 241 Å². The molecule has 3 fully saturated rings. The number of nitrogens with zero attached hydrogens (tertiary/aromatic N) is 6. The van der Waals surface area contributed by atoms with Gasteiger partial charge in [-0.3, -0.25) is 9.88 Å². The number of alkyl halides is 3. The van der Waals surface area contributed by atoms with Crippen molar-refractivity contribution in [3.05, 3.63) is 48.9 Å². The fraction of sp³-hybridized carbons (Fsp3) is 0.483. The standard InChI is InChI=1S/C29H32F3N7O3/c1-27(2)39(26(40)42-27)20-5-8-28(9-6-20)10-14-38(15-11-28)24-17-23(36-25(37-24)19-4-3-12-33-18-19)35-22-16-21(7-13-34-22)41-29(30,31)32/h3-4,7,12-13,16-18,20H,5-6,8-11,14-15H2,1-2H3,(H,34,35,36,37). The highest BCUT2D eigenvalue weighted by Crippen LogP contribution is 2.48. The van der Waals surface area contributed by atoms with E-state index >= 15 is 0 Å². The molecule has 5 heterocycles. The number of aromatic nitrogens is 4. The molecule has 222 valence electrons. The largest absolute Gasteiger partial charge is 0.573 e. The molecule has 1 spiro atoms. The minimum absolute atomic E-state index is 0.155. The monoisotopic (exact) mass is 583 g/mol. The van der Waals surface area contributed by atoms with Crippen molar-refractivity contribution in [1.82, 2.24) is 24.8 Å². The molecule has 1 saturated carbocycles. The maximum absolute atomic E-state index is 12.7. The van der Waals surface area contributed by atoms with E-state index < -0.39 is 12.1 Å². The van der Waals surface area contributed by atoms with Gasteiger partial charge < -0.3 is 19.7 Å². The fourth-order valence-electron chi connectivity index (χ4n) is 6.36. The zero-order chi connectivity index (χ0) is 29.5. The zero-order valence-corrected chi connectivity index (χ0v) is 23.4. The minimum atomic E-state index is -4.81. The van der Waals surface area contributed by atoms with Gasteiger partial charge in [0.15, 0.2) is 11.5 Å². The van der Waals surface area contributed by atoms with Gasteiger partial charge in [0.1, 0.15) is 23.2 Å². The van der Waals surface area contributed by atoms with Gasteiger partial charge in [-0.1, -0.05) is 0 Å². The highest BCUT2D eigenvalue weighted by Gasteiger charge is 2.51. The Hall–Kier alpha value is -4.16. The quantitative estimate of drug-likeness (QED) is 0.358. The van der Waals surface area contributed by atoms with Crippen molar-refractivity contribution < 1.29 is 27.4 Å². The fourth-order valence-corrected chi connectivity index (χ4v) is 6.36. The van der Waals surface area contributed by atoms with Gasteiger partial charge in [-0.15, -0.1) is 13.2 Å². The zero-order valence-electron chi connectivity index (χ0n) is 23.4. The second kappa shape index (κ2) is 10.6. The average molecular weight is 584 g/mol. The molecule has 2 aliphatic heterocycles. The first-order chi connectivity index (χ1) is 20.0. The topological polar surface area (TPSA) is 106 Å². The number of hydrogen-bond acceptors (Lipinski definition) is 9. The van der Waals surface area contributed by atoms with Crippen molar-refractivity contribution in [3.63, 3.8) is 0 Å². The second-order valence-electron chi connectivity index (χ2n) is 11.6. The van der Waals surface area contributed by atoms with Crippen LogP contribution in [0.4, 0.5) is 35.4 Å². The number of rotatable bonds is 6. The molecular weight excluding hydrogens is 551 g/mol. The number of hydrogen-bond donors (Lipinski definition) is 1. The molecule has 3 aliphatic rings. The van der Waals surface area contributed by atoms with Crippen molar-refractivity contribution >= 4 is 23.5 Å². The van der Waals surface area contributed by atoms with E-state index in [1.807, 2.05) is 24.8 Å². The van der Waals surface area contributed by atoms with Crippen LogP contribution in [0.1, 0.15) is 52.4 Å². The van der Waals surface area contributed by atoms with Crippen molar-refractivity contribution in [3.8, 4) is 17.1 Å². The lowest BCUT2D eigenvalue weighted by Crippen LogP contribution is -2.66. The number of piperidine rings is 1. The average Bonchev–Trinajstić information content (AvgIpc) is 2.94. The number of nitrogens with one attached hydrogen (secondary N) is 1. The minimum Gasteiger partial charge on any atom is -0.423 e. The van der Waals surface area contributed by atoms with Crippen LogP contribution in [0.2, 0.25) is 0 Å². The van der Waals surface area contributed by atoms with Crippen molar-refractivity contribution in [1.29, 1.82) is 0 Å². The first-order valence-electron chi connectivity index (χ1n) is 14.0. The number of amides is 1. The molecule has 0 aromatic carbocycles. The number of anilines is 3. The molecule has 0 radical (unpaired) electrons. The summed E-state index contributed by atoms with van der Waals surface area (Å²) in [6, 6.07) is 7.95. The van der Waals surface area contributed by atoms with Crippen LogP contribution in [0.3, 0.4) is 0 Å². The maximum atomic E-state index is 12.7. The summed E-state index contributed by atoms with van der Waals surface area (Å²) in [7, 11) is 0. The molecule has 0 unspecified atom stereocenters. The van der Waals surface area contributed by atoms with Crippen LogP contribution in [0.15, 0.2) is 48.9 Å². The number of cyclic esters (lactones) is 1. The predicted octanol–water partition coefficient (Wildman–Crippen LogP) is 6.29. The highest BCUT2D eigenvalue weighted by molar-refractivity contribution is 5.74. The van der Waals surface area contributed by atoms with Gasteiger partial charge in [0.25, 0.3) is 0 Å². The third-order valence-corrected chi connectivity index (χ3v) is 8.50.